The molecule has 0 aromatic heterocycles. The lowest BCUT2D eigenvalue weighted by Crippen LogP contribution is -2.36. The van der Waals surface area contributed by atoms with Crippen LogP contribution in [0.5, 0.6) is 0 Å². The molecule has 1 aromatic carbocycles. The molecule has 112 valence electrons. The van der Waals surface area contributed by atoms with E-state index in [1.807, 2.05) is 0 Å². The van der Waals surface area contributed by atoms with Gasteiger partial charge in [-0.3, -0.25) is 0 Å². The largest absolute Gasteiger partial charge is 0.387 e. The third-order valence-corrected chi connectivity index (χ3v) is 4.28. The van der Waals surface area contributed by atoms with Gasteiger partial charge in [0.25, 0.3) is 0 Å². The zero-order chi connectivity index (χ0) is 14.5. The average molecular weight is 283 g/mol. The molecule has 3 atom stereocenters. The summed E-state index contributed by atoms with van der Waals surface area (Å²) in [4.78, 5) is 0. The van der Waals surface area contributed by atoms with Crippen LogP contribution < -0.4 is 5.32 Å². The topological polar surface area (TPSA) is 32.3 Å². The summed E-state index contributed by atoms with van der Waals surface area (Å²) in [6.07, 6.45) is 4.97. The van der Waals surface area contributed by atoms with E-state index in [1.54, 1.807) is 0 Å². The van der Waals surface area contributed by atoms with Gasteiger partial charge in [0, 0.05) is 24.2 Å². The van der Waals surface area contributed by atoms with Gasteiger partial charge in [0.15, 0.2) is 0 Å². The Labute approximate surface area is 119 Å². The van der Waals surface area contributed by atoms with Crippen LogP contribution >= 0.6 is 0 Å². The number of halogens is 2. The molecule has 2 N–H and O–H groups in total. The van der Waals surface area contributed by atoms with Gasteiger partial charge in [0.1, 0.15) is 11.6 Å². The fourth-order valence-electron chi connectivity index (χ4n) is 3.01. The van der Waals surface area contributed by atoms with Crippen LogP contribution in [-0.4, -0.2) is 17.7 Å². The minimum absolute atomic E-state index is 0.154. The Morgan fingerprint density at radius 3 is 2.85 bits per heavy atom. The highest BCUT2D eigenvalue weighted by Gasteiger charge is 2.21. The summed E-state index contributed by atoms with van der Waals surface area (Å²) in [6.45, 7) is 2.51. The Hall–Kier alpha value is -1.00. The molecule has 0 spiro atoms. The summed E-state index contributed by atoms with van der Waals surface area (Å²) in [6, 6.07) is 3.70. The second kappa shape index (κ2) is 7.14. The van der Waals surface area contributed by atoms with Gasteiger partial charge in [-0.05, 0) is 24.8 Å². The normalized spacial score (nSPS) is 24.6. The Balaban J connectivity index is 1.86. The fraction of sp³-hybridized carbons (Fsp3) is 0.625. The molecule has 4 heteroatoms. The first kappa shape index (κ1) is 15.4. The number of hydrogen-bond acceptors (Lipinski definition) is 2. The van der Waals surface area contributed by atoms with Crippen molar-refractivity contribution in [2.75, 3.05) is 6.54 Å². The SMILES string of the molecule is CCC1CCCC(NCC(O)c2ccc(F)cc2F)C1. The summed E-state index contributed by atoms with van der Waals surface area (Å²) in [5.74, 6) is -0.556. The predicted molar refractivity (Wildman–Crippen MR) is 75.4 cm³/mol. The van der Waals surface area contributed by atoms with Gasteiger partial charge >= 0.3 is 0 Å². The third kappa shape index (κ3) is 4.00. The van der Waals surface area contributed by atoms with E-state index < -0.39 is 17.7 Å². The molecule has 0 radical (unpaired) electrons. The minimum atomic E-state index is -0.933. The van der Waals surface area contributed by atoms with Crippen LogP contribution in [0.15, 0.2) is 18.2 Å². The number of nitrogens with one attached hydrogen (secondary N) is 1. The molecular formula is C16H23F2NO. The summed E-state index contributed by atoms with van der Waals surface area (Å²) in [5, 5.41) is 13.3. The first-order chi connectivity index (χ1) is 9.60. The first-order valence-corrected chi connectivity index (χ1v) is 7.46. The highest BCUT2D eigenvalue weighted by molar-refractivity contribution is 5.21. The average Bonchev–Trinajstić information content (AvgIpc) is 2.45. The van der Waals surface area contributed by atoms with Gasteiger partial charge < -0.3 is 10.4 Å². The van der Waals surface area contributed by atoms with Crippen LogP contribution in [0.3, 0.4) is 0 Å². The van der Waals surface area contributed by atoms with E-state index in [2.05, 4.69) is 12.2 Å². The molecule has 0 heterocycles. The van der Waals surface area contributed by atoms with Crippen LogP contribution in [0.2, 0.25) is 0 Å². The molecule has 20 heavy (non-hydrogen) atoms. The summed E-state index contributed by atoms with van der Waals surface area (Å²) in [5.41, 5.74) is 0.154. The Kier molecular flexibility index (Phi) is 5.49. The monoisotopic (exact) mass is 283 g/mol. The van der Waals surface area contributed by atoms with E-state index in [4.69, 9.17) is 0 Å². The maximum absolute atomic E-state index is 13.6. The van der Waals surface area contributed by atoms with E-state index >= 15 is 0 Å². The number of hydrogen-bond donors (Lipinski definition) is 2. The summed E-state index contributed by atoms with van der Waals surface area (Å²) >= 11 is 0. The molecule has 1 aromatic rings. The zero-order valence-electron chi connectivity index (χ0n) is 11.9. The van der Waals surface area contributed by atoms with Crippen molar-refractivity contribution < 1.29 is 13.9 Å². The van der Waals surface area contributed by atoms with Crippen LogP contribution in [0, 0.1) is 17.6 Å². The van der Waals surface area contributed by atoms with Crippen LogP contribution in [-0.2, 0) is 0 Å². The lowest BCUT2D eigenvalue weighted by Gasteiger charge is -2.30. The quantitative estimate of drug-likeness (QED) is 0.866. The maximum Gasteiger partial charge on any atom is 0.131 e. The number of aliphatic hydroxyl groups is 1. The number of rotatable bonds is 5. The summed E-state index contributed by atoms with van der Waals surface area (Å²) in [7, 11) is 0. The second-order valence-corrected chi connectivity index (χ2v) is 5.73. The smallest absolute Gasteiger partial charge is 0.131 e. The number of benzene rings is 1. The predicted octanol–water partition coefficient (Wildman–Crippen LogP) is 3.56. The van der Waals surface area contributed by atoms with Gasteiger partial charge in [-0.2, -0.15) is 0 Å². The van der Waals surface area contributed by atoms with Crippen molar-refractivity contribution in [3.05, 3.63) is 35.4 Å². The van der Waals surface area contributed by atoms with Crippen LogP contribution in [0.4, 0.5) is 8.78 Å². The molecule has 1 aliphatic carbocycles. The molecule has 1 saturated carbocycles. The zero-order valence-corrected chi connectivity index (χ0v) is 11.9. The highest BCUT2D eigenvalue weighted by atomic mass is 19.1. The van der Waals surface area contributed by atoms with E-state index in [9.17, 15) is 13.9 Å². The Morgan fingerprint density at radius 2 is 2.15 bits per heavy atom. The molecule has 2 rings (SSSR count). The fourth-order valence-corrected chi connectivity index (χ4v) is 3.01. The van der Waals surface area contributed by atoms with Crippen molar-refractivity contribution in [2.45, 2.75) is 51.2 Å². The van der Waals surface area contributed by atoms with Gasteiger partial charge in [0.05, 0.1) is 6.10 Å². The van der Waals surface area contributed by atoms with Crippen molar-refractivity contribution in [1.29, 1.82) is 0 Å². The molecule has 0 saturated heterocycles. The van der Waals surface area contributed by atoms with Gasteiger partial charge in [-0.15, -0.1) is 0 Å². The van der Waals surface area contributed by atoms with Gasteiger partial charge in [-0.25, -0.2) is 8.78 Å². The van der Waals surface area contributed by atoms with Crippen LogP contribution in [0.25, 0.3) is 0 Å². The van der Waals surface area contributed by atoms with Crippen LogP contribution in [0.1, 0.15) is 50.7 Å². The van der Waals surface area contributed by atoms with Gasteiger partial charge in [0.2, 0.25) is 0 Å². The molecule has 3 unspecified atom stereocenters. The molecule has 1 fully saturated rings. The lowest BCUT2D eigenvalue weighted by atomic mass is 9.84. The Bertz CT molecular complexity index is 438. The highest BCUT2D eigenvalue weighted by Crippen LogP contribution is 2.27. The molecule has 0 aliphatic heterocycles. The number of aliphatic hydroxyl groups excluding tert-OH is 1. The standard InChI is InChI=1S/C16H23F2NO/c1-2-11-4-3-5-13(8-11)19-10-16(20)14-7-6-12(17)9-15(14)18/h6-7,9,11,13,16,19-20H,2-5,8,10H2,1H3. The second-order valence-electron chi connectivity index (χ2n) is 5.73. The molecule has 1 aliphatic rings. The molecule has 0 amide bonds. The minimum Gasteiger partial charge on any atom is -0.387 e. The Morgan fingerprint density at radius 1 is 1.35 bits per heavy atom. The first-order valence-electron chi connectivity index (χ1n) is 7.46. The van der Waals surface area contributed by atoms with E-state index in [0.29, 0.717) is 12.6 Å². The van der Waals surface area contributed by atoms with E-state index in [0.717, 1.165) is 24.8 Å². The third-order valence-electron chi connectivity index (χ3n) is 4.28. The summed E-state index contributed by atoms with van der Waals surface area (Å²) < 4.78 is 26.4. The van der Waals surface area contributed by atoms with Crippen molar-refractivity contribution >= 4 is 0 Å². The van der Waals surface area contributed by atoms with Crippen molar-refractivity contribution in [2.24, 2.45) is 5.92 Å². The maximum atomic E-state index is 13.6. The van der Waals surface area contributed by atoms with Crippen molar-refractivity contribution in [3.63, 3.8) is 0 Å². The van der Waals surface area contributed by atoms with Crippen molar-refractivity contribution in [3.8, 4) is 0 Å². The lowest BCUT2D eigenvalue weighted by molar-refractivity contribution is 0.156. The van der Waals surface area contributed by atoms with E-state index in [-0.39, 0.29) is 5.56 Å². The van der Waals surface area contributed by atoms with Gasteiger partial charge in [-0.1, -0.05) is 32.3 Å². The molecule has 0 bridgehead atoms. The molecular weight excluding hydrogens is 260 g/mol. The van der Waals surface area contributed by atoms with E-state index in [1.165, 1.54) is 31.4 Å². The molecule has 2 nitrogen and oxygen atoms in total. The van der Waals surface area contributed by atoms with Crippen molar-refractivity contribution in [1.82, 2.24) is 5.32 Å².